The number of rotatable bonds is 6. The molecule has 0 aromatic heterocycles. The molecule has 1 saturated carbocycles. The summed E-state index contributed by atoms with van der Waals surface area (Å²) in [6.45, 7) is 6.92. The van der Waals surface area contributed by atoms with Crippen LogP contribution in [0.25, 0.3) is 0 Å². The number of hydrogen-bond donors (Lipinski definition) is 1. The summed E-state index contributed by atoms with van der Waals surface area (Å²) in [5.41, 5.74) is 0. The molecule has 4 nitrogen and oxygen atoms in total. The van der Waals surface area contributed by atoms with Crippen LogP contribution in [-0.2, 0) is 4.74 Å². The Kier molecular flexibility index (Phi) is 8.06. The molecule has 2 fully saturated rings. The molecule has 19 heavy (non-hydrogen) atoms. The van der Waals surface area contributed by atoms with E-state index in [1.807, 2.05) is 0 Å². The Morgan fingerprint density at radius 2 is 2.11 bits per heavy atom. The second-order valence-electron chi connectivity index (χ2n) is 5.58. The molecule has 0 aromatic rings. The third kappa shape index (κ3) is 6.29. The van der Waals surface area contributed by atoms with Crippen LogP contribution in [0.5, 0.6) is 0 Å². The Morgan fingerprint density at radius 1 is 1.32 bits per heavy atom. The molecule has 1 N–H and O–H groups in total. The Balaban J connectivity index is 0.00000180. The first-order valence-electron chi connectivity index (χ1n) is 7.36. The van der Waals surface area contributed by atoms with Crippen LogP contribution < -0.4 is 5.32 Å². The summed E-state index contributed by atoms with van der Waals surface area (Å²) < 4.78 is 5.43. The molecule has 2 aliphatic rings. The minimum absolute atomic E-state index is 0. The van der Waals surface area contributed by atoms with Gasteiger partial charge in [-0.05, 0) is 25.7 Å². The van der Waals surface area contributed by atoms with Crippen molar-refractivity contribution >= 4 is 29.9 Å². The van der Waals surface area contributed by atoms with Crippen LogP contribution in [0.2, 0.25) is 0 Å². The molecule has 1 aliphatic carbocycles. The first-order chi connectivity index (χ1) is 8.79. The largest absolute Gasteiger partial charge is 0.381 e. The van der Waals surface area contributed by atoms with E-state index in [0.717, 1.165) is 44.7 Å². The summed E-state index contributed by atoms with van der Waals surface area (Å²) in [5.74, 6) is 2.69. The van der Waals surface area contributed by atoms with Gasteiger partial charge in [-0.2, -0.15) is 0 Å². The van der Waals surface area contributed by atoms with Gasteiger partial charge in [0.2, 0.25) is 0 Å². The fraction of sp³-hybridized carbons (Fsp3) is 0.929. The number of nitrogens with one attached hydrogen (secondary N) is 1. The Hall–Kier alpha value is -0.0400. The molecule has 0 aromatic carbocycles. The topological polar surface area (TPSA) is 36.9 Å². The van der Waals surface area contributed by atoms with E-state index in [-0.39, 0.29) is 24.0 Å². The molecule has 0 bridgehead atoms. The molecule has 0 spiro atoms. The fourth-order valence-electron chi connectivity index (χ4n) is 2.43. The van der Waals surface area contributed by atoms with Crippen LogP contribution in [0.4, 0.5) is 0 Å². The van der Waals surface area contributed by atoms with E-state index < -0.39 is 0 Å². The number of hydrogen-bond acceptors (Lipinski definition) is 2. The average Bonchev–Trinajstić information content (AvgIpc) is 3.04. The van der Waals surface area contributed by atoms with Crippen molar-refractivity contribution < 1.29 is 4.74 Å². The van der Waals surface area contributed by atoms with Gasteiger partial charge in [-0.1, -0.05) is 12.8 Å². The summed E-state index contributed by atoms with van der Waals surface area (Å²) in [4.78, 5) is 6.99. The normalized spacial score (nSPS) is 23.1. The van der Waals surface area contributed by atoms with Gasteiger partial charge in [-0.25, -0.2) is 0 Å². The second kappa shape index (κ2) is 9.00. The maximum atomic E-state index is 5.43. The highest BCUT2D eigenvalue weighted by Gasteiger charge is 2.21. The Bertz CT molecular complexity index is 276. The number of halogens is 1. The van der Waals surface area contributed by atoms with Gasteiger partial charge >= 0.3 is 0 Å². The lowest BCUT2D eigenvalue weighted by Gasteiger charge is -2.24. The zero-order valence-electron chi connectivity index (χ0n) is 12.2. The highest BCUT2D eigenvalue weighted by Crippen LogP contribution is 2.32. The van der Waals surface area contributed by atoms with E-state index in [2.05, 4.69) is 24.2 Å². The summed E-state index contributed by atoms with van der Waals surface area (Å²) in [7, 11) is 2.14. The minimum Gasteiger partial charge on any atom is -0.381 e. The second-order valence-corrected chi connectivity index (χ2v) is 5.58. The molecule has 2 rings (SSSR count). The first-order valence-corrected chi connectivity index (χ1v) is 7.36. The Labute approximate surface area is 134 Å². The predicted molar refractivity (Wildman–Crippen MR) is 90.3 cm³/mol. The Morgan fingerprint density at radius 3 is 2.68 bits per heavy atom. The quantitative estimate of drug-likeness (QED) is 0.436. The van der Waals surface area contributed by atoms with Gasteiger partial charge in [0.15, 0.2) is 5.96 Å². The molecule has 1 atom stereocenters. The van der Waals surface area contributed by atoms with Crippen LogP contribution in [-0.4, -0.2) is 50.8 Å². The van der Waals surface area contributed by atoms with Crippen LogP contribution >= 0.6 is 24.0 Å². The molecule has 1 aliphatic heterocycles. The van der Waals surface area contributed by atoms with Crippen molar-refractivity contribution in [3.63, 3.8) is 0 Å². The van der Waals surface area contributed by atoms with Crippen molar-refractivity contribution in [2.75, 3.05) is 39.9 Å². The SMILES string of the molecule is CCNC(=NCCC1CC1)N(C)CC1CCOC1.I. The van der Waals surface area contributed by atoms with Crippen molar-refractivity contribution in [1.29, 1.82) is 0 Å². The average molecular weight is 381 g/mol. The van der Waals surface area contributed by atoms with Crippen LogP contribution in [0.1, 0.15) is 32.6 Å². The first kappa shape index (κ1) is 17.0. The van der Waals surface area contributed by atoms with Gasteiger partial charge in [0.1, 0.15) is 0 Å². The number of nitrogens with zero attached hydrogens (tertiary/aromatic N) is 2. The number of guanidine groups is 1. The van der Waals surface area contributed by atoms with Crippen molar-refractivity contribution in [1.82, 2.24) is 10.2 Å². The van der Waals surface area contributed by atoms with Crippen LogP contribution in [0, 0.1) is 11.8 Å². The standard InChI is InChI=1S/C14H27N3O.HI/c1-3-15-14(16-8-6-12-4-5-12)17(2)10-13-7-9-18-11-13;/h12-13H,3-11H2,1-2H3,(H,15,16);1H. The highest BCUT2D eigenvalue weighted by molar-refractivity contribution is 14.0. The number of ether oxygens (including phenoxy) is 1. The summed E-state index contributed by atoms with van der Waals surface area (Å²) in [5, 5.41) is 3.39. The van der Waals surface area contributed by atoms with E-state index in [4.69, 9.17) is 9.73 Å². The van der Waals surface area contributed by atoms with Crippen molar-refractivity contribution in [2.24, 2.45) is 16.8 Å². The lowest BCUT2D eigenvalue weighted by atomic mass is 10.1. The predicted octanol–water partition coefficient (Wildman–Crippen LogP) is 2.34. The summed E-state index contributed by atoms with van der Waals surface area (Å²) in [6, 6.07) is 0. The van der Waals surface area contributed by atoms with Crippen molar-refractivity contribution in [3.05, 3.63) is 0 Å². The molecule has 1 unspecified atom stereocenters. The molecular formula is C14H28IN3O. The molecule has 1 saturated heterocycles. The van der Waals surface area contributed by atoms with Gasteiger partial charge in [0.05, 0.1) is 6.61 Å². The van der Waals surface area contributed by atoms with E-state index in [1.54, 1.807) is 0 Å². The molecule has 0 amide bonds. The third-order valence-corrected chi connectivity index (χ3v) is 3.75. The van der Waals surface area contributed by atoms with E-state index in [1.165, 1.54) is 25.7 Å². The highest BCUT2D eigenvalue weighted by atomic mass is 127. The van der Waals surface area contributed by atoms with Gasteiger partial charge in [0, 0.05) is 39.2 Å². The third-order valence-electron chi connectivity index (χ3n) is 3.75. The monoisotopic (exact) mass is 381 g/mol. The van der Waals surface area contributed by atoms with Crippen molar-refractivity contribution in [3.8, 4) is 0 Å². The fourth-order valence-corrected chi connectivity index (χ4v) is 2.43. The van der Waals surface area contributed by atoms with E-state index in [9.17, 15) is 0 Å². The molecular weight excluding hydrogens is 353 g/mol. The molecule has 112 valence electrons. The maximum Gasteiger partial charge on any atom is 0.193 e. The van der Waals surface area contributed by atoms with Gasteiger partial charge in [0.25, 0.3) is 0 Å². The lowest BCUT2D eigenvalue weighted by Crippen LogP contribution is -2.41. The van der Waals surface area contributed by atoms with E-state index in [0.29, 0.717) is 5.92 Å². The van der Waals surface area contributed by atoms with Crippen molar-refractivity contribution in [2.45, 2.75) is 32.6 Å². The van der Waals surface area contributed by atoms with Crippen LogP contribution in [0.15, 0.2) is 4.99 Å². The lowest BCUT2D eigenvalue weighted by molar-refractivity contribution is 0.181. The number of aliphatic imine (C=N–C) groups is 1. The minimum atomic E-state index is 0. The summed E-state index contributed by atoms with van der Waals surface area (Å²) >= 11 is 0. The molecule has 1 heterocycles. The van der Waals surface area contributed by atoms with Gasteiger partial charge in [-0.15, -0.1) is 24.0 Å². The summed E-state index contributed by atoms with van der Waals surface area (Å²) in [6.07, 6.45) is 5.28. The van der Waals surface area contributed by atoms with Gasteiger partial charge in [-0.3, -0.25) is 4.99 Å². The zero-order chi connectivity index (χ0) is 12.8. The molecule has 5 heteroatoms. The van der Waals surface area contributed by atoms with E-state index >= 15 is 0 Å². The maximum absolute atomic E-state index is 5.43. The van der Waals surface area contributed by atoms with Gasteiger partial charge < -0.3 is 15.0 Å². The zero-order valence-corrected chi connectivity index (χ0v) is 14.6. The molecule has 0 radical (unpaired) electrons. The smallest absolute Gasteiger partial charge is 0.193 e. The van der Waals surface area contributed by atoms with Crippen LogP contribution in [0.3, 0.4) is 0 Å².